The molecule has 0 aliphatic heterocycles. The van der Waals surface area contributed by atoms with Crippen molar-refractivity contribution in [3.8, 4) is 5.40 Å². The predicted octanol–water partition coefficient (Wildman–Crippen LogP) is 1.56. The van der Waals surface area contributed by atoms with E-state index in [1.807, 2.05) is 5.40 Å². The van der Waals surface area contributed by atoms with Crippen molar-refractivity contribution in [3.63, 3.8) is 0 Å². The van der Waals surface area contributed by atoms with E-state index < -0.39 is 9.84 Å². The molecule has 0 saturated heterocycles. The van der Waals surface area contributed by atoms with E-state index in [9.17, 15) is 8.42 Å². The number of nitriles is 1. The Kier molecular flexibility index (Phi) is 3.63. The fourth-order valence-corrected chi connectivity index (χ4v) is 4.52. The van der Waals surface area contributed by atoms with E-state index in [1.165, 1.54) is 6.26 Å². The van der Waals surface area contributed by atoms with Gasteiger partial charge in [0.1, 0.15) is 5.40 Å². The topological polar surface area (TPSA) is 57.9 Å². The number of thiocyanates is 1. The molecule has 0 radical (unpaired) electrons. The monoisotopic (exact) mass is 219 g/mol. The van der Waals surface area contributed by atoms with Crippen molar-refractivity contribution in [3.05, 3.63) is 0 Å². The molecule has 0 N–H and O–H groups in total. The molecule has 1 aliphatic carbocycles. The molecule has 0 aromatic carbocycles. The van der Waals surface area contributed by atoms with Crippen LogP contribution in [0, 0.1) is 10.7 Å². The van der Waals surface area contributed by atoms with Crippen LogP contribution in [-0.2, 0) is 9.84 Å². The van der Waals surface area contributed by atoms with Crippen LogP contribution in [0.1, 0.15) is 25.7 Å². The van der Waals surface area contributed by atoms with Crippen molar-refractivity contribution in [2.75, 3.05) is 6.26 Å². The Morgan fingerprint density at radius 1 is 1.38 bits per heavy atom. The lowest BCUT2D eigenvalue weighted by Gasteiger charge is -2.27. The molecule has 0 aromatic rings. The zero-order valence-corrected chi connectivity index (χ0v) is 9.20. The van der Waals surface area contributed by atoms with Gasteiger partial charge in [-0.05, 0) is 24.6 Å². The lowest BCUT2D eigenvalue weighted by Crippen LogP contribution is -2.33. The molecule has 0 heterocycles. The Labute approximate surface area is 83.4 Å². The van der Waals surface area contributed by atoms with Crippen molar-refractivity contribution in [2.24, 2.45) is 0 Å². The molecule has 0 unspecified atom stereocenters. The number of hydrogen-bond acceptors (Lipinski definition) is 4. The highest BCUT2D eigenvalue weighted by Gasteiger charge is 2.33. The normalized spacial score (nSPS) is 29.5. The van der Waals surface area contributed by atoms with E-state index in [4.69, 9.17) is 5.26 Å². The van der Waals surface area contributed by atoms with Crippen LogP contribution in [0.15, 0.2) is 0 Å². The van der Waals surface area contributed by atoms with Gasteiger partial charge < -0.3 is 0 Å². The van der Waals surface area contributed by atoms with Crippen molar-refractivity contribution in [1.82, 2.24) is 0 Å². The van der Waals surface area contributed by atoms with Gasteiger partial charge in [0.2, 0.25) is 0 Å². The minimum atomic E-state index is -2.97. The van der Waals surface area contributed by atoms with Gasteiger partial charge in [-0.1, -0.05) is 12.8 Å². The second-order valence-corrected chi connectivity index (χ2v) is 6.69. The molecular weight excluding hydrogens is 206 g/mol. The fourth-order valence-electron chi connectivity index (χ4n) is 1.76. The van der Waals surface area contributed by atoms with Crippen molar-refractivity contribution in [2.45, 2.75) is 36.2 Å². The Morgan fingerprint density at radius 2 is 2.00 bits per heavy atom. The van der Waals surface area contributed by atoms with Gasteiger partial charge in [-0.3, -0.25) is 0 Å². The van der Waals surface area contributed by atoms with Gasteiger partial charge >= 0.3 is 0 Å². The third-order valence-corrected chi connectivity index (χ3v) is 5.20. The zero-order chi connectivity index (χ0) is 9.90. The fraction of sp³-hybridized carbons (Fsp3) is 0.875. The van der Waals surface area contributed by atoms with Crippen LogP contribution in [-0.4, -0.2) is 25.2 Å². The van der Waals surface area contributed by atoms with Gasteiger partial charge in [-0.15, -0.1) is 0 Å². The molecule has 3 nitrogen and oxygen atoms in total. The van der Waals surface area contributed by atoms with Gasteiger partial charge in [0.15, 0.2) is 9.84 Å². The summed E-state index contributed by atoms with van der Waals surface area (Å²) in [5.74, 6) is 0. The van der Waals surface area contributed by atoms with E-state index in [-0.39, 0.29) is 10.5 Å². The van der Waals surface area contributed by atoms with Gasteiger partial charge in [-0.25, -0.2) is 8.42 Å². The first-order valence-electron chi connectivity index (χ1n) is 4.29. The van der Waals surface area contributed by atoms with Crippen molar-refractivity contribution < 1.29 is 8.42 Å². The first-order valence-corrected chi connectivity index (χ1v) is 7.12. The van der Waals surface area contributed by atoms with Crippen LogP contribution >= 0.6 is 11.8 Å². The standard InChI is InChI=1S/C8H13NO2S2/c1-13(10,11)8-5-3-2-4-7(8)12-6-9/h7-8H,2-5H2,1H3/t7-,8-/m0/s1. The molecule has 74 valence electrons. The number of sulfone groups is 1. The van der Waals surface area contributed by atoms with Crippen molar-refractivity contribution >= 4 is 21.6 Å². The third-order valence-electron chi connectivity index (χ3n) is 2.40. The maximum atomic E-state index is 11.3. The van der Waals surface area contributed by atoms with Crippen LogP contribution in [0.4, 0.5) is 0 Å². The number of thioether (sulfide) groups is 1. The molecule has 0 amide bonds. The summed E-state index contributed by atoms with van der Waals surface area (Å²) in [7, 11) is -2.97. The van der Waals surface area contributed by atoms with Gasteiger partial charge in [0, 0.05) is 11.5 Å². The quantitative estimate of drug-likeness (QED) is 0.661. The highest BCUT2D eigenvalue weighted by Crippen LogP contribution is 2.32. The van der Waals surface area contributed by atoms with Crippen LogP contribution in [0.2, 0.25) is 0 Å². The van der Waals surface area contributed by atoms with Gasteiger partial charge in [-0.2, -0.15) is 5.26 Å². The highest BCUT2D eigenvalue weighted by atomic mass is 32.2. The van der Waals surface area contributed by atoms with E-state index >= 15 is 0 Å². The largest absolute Gasteiger partial charge is 0.229 e. The minimum Gasteiger partial charge on any atom is -0.229 e. The molecule has 2 atom stereocenters. The molecular formula is C8H13NO2S2. The highest BCUT2D eigenvalue weighted by molar-refractivity contribution is 8.05. The first-order chi connectivity index (χ1) is 6.05. The van der Waals surface area contributed by atoms with Crippen LogP contribution < -0.4 is 0 Å². The number of hydrogen-bond donors (Lipinski definition) is 0. The Hall–Kier alpha value is -0.210. The molecule has 1 aliphatic rings. The Balaban J connectivity index is 2.74. The SMILES string of the molecule is CS(=O)(=O)[C@H]1CCCC[C@@H]1SC#N. The lowest BCUT2D eigenvalue weighted by molar-refractivity contribution is 0.496. The maximum Gasteiger partial charge on any atom is 0.151 e. The van der Waals surface area contributed by atoms with Crippen LogP contribution in [0.3, 0.4) is 0 Å². The number of nitrogens with zero attached hydrogens (tertiary/aromatic N) is 1. The van der Waals surface area contributed by atoms with E-state index in [1.54, 1.807) is 0 Å². The maximum absolute atomic E-state index is 11.3. The molecule has 0 aromatic heterocycles. The molecule has 1 fully saturated rings. The minimum absolute atomic E-state index is 0.00579. The van der Waals surface area contributed by atoms with Crippen molar-refractivity contribution in [1.29, 1.82) is 5.26 Å². The summed E-state index contributed by atoms with van der Waals surface area (Å²) in [4.78, 5) is 0. The van der Waals surface area contributed by atoms with E-state index in [0.29, 0.717) is 0 Å². The van der Waals surface area contributed by atoms with Crippen LogP contribution in [0.5, 0.6) is 0 Å². The van der Waals surface area contributed by atoms with E-state index in [2.05, 4.69) is 0 Å². The van der Waals surface area contributed by atoms with Gasteiger partial charge in [0.25, 0.3) is 0 Å². The number of rotatable bonds is 2. The summed E-state index contributed by atoms with van der Waals surface area (Å²) in [6.45, 7) is 0. The second-order valence-electron chi connectivity index (χ2n) is 3.40. The smallest absolute Gasteiger partial charge is 0.151 e. The summed E-state index contributed by atoms with van der Waals surface area (Å²) in [6, 6.07) is 0. The summed E-state index contributed by atoms with van der Waals surface area (Å²) in [5.41, 5.74) is 0. The van der Waals surface area contributed by atoms with Gasteiger partial charge in [0.05, 0.1) is 5.25 Å². The summed E-state index contributed by atoms with van der Waals surface area (Å²) < 4.78 is 22.7. The Bertz CT molecular complexity index is 305. The Morgan fingerprint density at radius 3 is 2.54 bits per heavy atom. The lowest BCUT2D eigenvalue weighted by atomic mass is 10.00. The third kappa shape index (κ3) is 2.89. The molecule has 1 rings (SSSR count). The van der Waals surface area contributed by atoms with Crippen LogP contribution in [0.25, 0.3) is 0 Å². The van der Waals surface area contributed by atoms with E-state index in [0.717, 1.165) is 37.4 Å². The zero-order valence-electron chi connectivity index (χ0n) is 7.56. The predicted molar refractivity (Wildman–Crippen MR) is 54.1 cm³/mol. The molecule has 1 saturated carbocycles. The summed E-state index contributed by atoms with van der Waals surface area (Å²) in [6.07, 6.45) is 4.87. The average molecular weight is 219 g/mol. The average Bonchev–Trinajstić information content (AvgIpc) is 2.04. The molecule has 13 heavy (non-hydrogen) atoms. The summed E-state index contributed by atoms with van der Waals surface area (Å²) in [5, 5.41) is 10.2. The summed E-state index contributed by atoms with van der Waals surface area (Å²) >= 11 is 1.11. The molecule has 5 heteroatoms. The molecule has 0 spiro atoms. The molecule has 0 bridgehead atoms. The second kappa shape index (κ2) is 4.34. The first kappa shape index (κ1) is 10.9.